The fourth-order valence-electron chi connectivity index (χ4n) is 5.51. The quantitative estimate of drug-likeness (QED) is 0.439. The van der Waals surface area contributed by atoms with Gasteiger partial charge in [-0.15, -0.1) is 0 Å². The summed E-state index contributed by atoms with van der Waals surface area (Å²) < 4.78 is 29.5. The smallest absolute Gasteiger partial charge is 0.410 e. The molecule has 0 aromatic carbocycles. The summed E-state index contributed by atoms with van der Waals surface area (Å²) in [4.78, 5) is 27.8. The van der Waals surface area contributed by atoms with Gasteiger partial charge in [-0.25, -0.2) is 9.59 Å². The Morgan fingerprint density at radius 2 is 1.94 bits per heavy atom. The minimum absolute atomic E-state index is 0.00974. The lowest BCUT2D eigenvalue weighted by Crippen LogP contribution is -2.56. The van der Waals surface area contributed by atoms with Crippen LogP contribution in [0.2, 0.25) is 0 Å². The molecule has 0 N–H and O–H groups in total. The van der Waals surface area contributed by atoms with Crippen molar-refractivity contribution in [3.63, 3.8) is 0 Å². The van der Waals surface area contributed by atoms with Crippen LogP contribution in [0.3, 0.4) is 0 Å². The molecule has 1 aliphatic carbocycles. The summed E-state index contributed by atoms with van der Waals surface area (Å²) in [5.41, 5.74) is 0.647. The number of ether oxygens (including phenoxy) is 5. The van der Waals surface area contributed by atoms with Crippen LogP contribution in [0.4, 0.5) is 9.59 Å². The maximum Gasteiger partial charge on any atom is 0.410 e. The molecule has 0 aromatic heterocycles. The maximum atomic E-state index is 13.0. The number of rotatable bonds is 6. The van der Waals surface area contributed by atoms with Crippen LogP contribution < -0.4 is 0 Å². The standard InChI is InChI=1S/C24H38N2O7/c1-15(2)7-8-18-23(3,33-18)20-19(29-6)17(9-11-24(20)14-30-24)32-22(28)26-12-10-16(13-26)31-21(27)25(4)5/h7,16-20H,8-14H2,1-6H3/t16-,17+,18+,19+,20+,23-,24-/m0/s1. The largest absolute Gasteiger partial charge is 0.444 e. The van der Waals surface area contributed by atoms with Crippen molar-refractivity contribution in [1.29, 1.82) is 0 Å². The molecule has 33 heavy (non-hydrogen) atoms. The summed E-state index contributed by atoms with van der Waals surface area (Å²) in [7, 11) is 4.94. The topological polar surface area (TPSA) is 93.4 Å². The lowest BCUT2D eigenvalue weighted by molar-refractivity contribution is -0.121. The molecule has 4 rings (SSSR count). The van der Waals surface area contributed by atoms with E-state index in [1.165, 1.54) is 10.5 Å². The van der Waals surface area contributed by atoms with Crippen LogP contribution in [-0.2, 0) is 23.7 Å². The zero-order valence-electron chi connectivity index (χ0n) is 20.7. The fraction of sp³-hybridized carbons (Fsp3) is 0.833. The van der Waals surface area contributed by atoms with Crippen LogP contribution in [0.25, 0.3) is 0 Å². The molecule has 0 radical (unpaired) electrons. The van der Waals surface area contributed by atoms with E-state index in [1.807, 2.05) is 0 Å². The van der Waals surface area contributed by atoms with Crippen molar-refractivity contribution < 1.29 is 33.3 Å². The van der Waals surface area contributed by atoms with E-state index in [9.17, 15) is 9.59 Å². The predicted molar refractivity (Wildman–Crippen MR) is 120 cm³/mol. The zero-order valence-corrected chi connectivity index (χ0v) is 20.7. The molecule has 9 heteroatoms. The van der Waals surface area contributed by atoms with Gasteiger partial charge in [0.2, 0.25) is 0 Å². The van der Waals surface area contributed by atoms with E-state index < -0.39 is 6.09 Å². The highest BCUT2D eigenvalue weighted by atomic mass is 16.6. The van der Waals surface area contributed by atoms with Crippen molar-refractivity contribution in [1.82, 2.24) is 9.80 Å². The second-order valence-electron chi connectivity index (χ2n) is 10.4. The molecule has 4 fully saturated rings. The molecule has 1 spiro atoms. The van der Waals surface area contributed by atoms with Gasteiger partial charge in [0.15, 0.2) is 0 Å². The summed E-state index contributed by atoms with van der Waals surface area (Å²) in [5, 5.41) is 0. The van der Waals surface area contributed by atoms with E-state index in [-0.39, 0.29) is 47.6 Å². The van der Waals surface area contributed by atoms with Gasteiger partial charge in [0.05, 0.1) is 25.2 Å². The van der Waals surface area contributed by atoms with Gasteiger partial charge < -0.3 is 33.5 Å². The van der Waals surface area contributed by atoms with Crippen LogP contribution in [0.15, 0.2) is 11.6 Å². The predicted octanol–water partition coefficient (Wildman–Crippen LogP) is 2.97. The Balaban J connectivity index is 1.39. The monoisotopic (exact) mass is 466 g/mol. The number of hydrogen-bond acceptors (Lipinski definition) is 7. The molecule has 1 saturated carbocycles. The van der Waals surface area contributed by atoms with Crippen molar-refractivity contribution in [2.45, 2.75) is 82.1 Å². The normalized spacial score (nSPS) is 39.2. The van der Waals surface area contributed by atoms with Gasteiger partial charge in [-0.2, -0.15) is 0 Å². The third kappa shape index (κ3) is 4.86. The van der Waals surface area contributed by atoms with Crippen molar-refractivity contribution in [2.24, 2.45) is 5.92 Å². The summed E-state index contributed by atoms with van der Waals surface area (Å²) in [5.74, 6) is -0.00974. The zero-order chi connectivity index (χ0) is 24.0. The average Bonchev–Trinajstić information content (AvgIpc) is 3.62. The first kappa shape index (κ1) is 24.3. The van der Waals surface area contributed by atoms with E-state index in [0.717, 1.165) is 12.8 Å². The first-order valence-corrected chi connectivity index (χ1v) is 11.9. The molecule has 186 valence electrons. The highest BCUT2D eigenvalue weighted by molar-refractivity contribution is 5.69. The first-order chi connectivity index (χ1) is 15.6. The first-order valence-electron chi connectivity index (χ1n) is 11.9. The second kappa shape index (κ2) is 9.07. The van der Waals surface area contributed by atoms with Gasteiger partial charge in [-0.05, 0) is 40.0 Å². The van der Waals surface area contributed by atoms with Crippen molar-refractivity contribution in [2.75, 3.05) is 40.9 Å². The average molecular weight is 467 g/mol. The molecule has 3 aliphatic heterocycles. The Morgan fingerprint density at radius 1 is 1.21 bits per heavy atom. The van der Waals surface area contributed by atoms with E-state index in [4.69, 9.17) is 23.7 Å². The van der Waals surface area contributed by atoms with Gasteiger partial charge >= 0.3 is 12.2 Å². The maximum absolute atomic E-state index is 13.0. The number of methoxy groups -OCH3 is 1. The third-order valence-corrected chi connectivity index (χ3v) is 7.53. The van der Waals surface area contributed by atoms with Crippen LogP contribution in [-0.4, -0.2) is 98.5 Å². The lowest BCUT2D eigenvalue weighted by Gasteiger charge is -2.43. The summed E-state index contributed by atoms with van der Waals surface area (Å²) in [6.45, 7) is 7.83. The number of amides is 2. The molecule has 0 unspecified atom stereocenters. The van der Waals surface area contributed by atoms with Crippen LogP contribution in [0.1, 0.15) is 46.5 Å². The number of carbonyl (C=O) groups excluding carboxylic acids is 2. The van der Waals surface area contributed by atoms with Crippen molar-refractivity contribution >= 4 is 12.2 Å². The number of allylic oxidation sites excluding steroid dienone is 1. The number of nitrogens with zero attached hydrogens (tertiary/aromatic N) is 2. The molecule has 3 saturated heterocycles. The Hall–Kier alpha value is -1.84. The molecule has 4 aliphatic rings. The van der Waals surface area contributed by atoms with E-state index in [2.05, 4.69) is 26.8 Å². The second-order valence-corrected chi connectivity index (χ2v) is 10.4. The van der Waals surface area contributed by atoms with Gasteiger partial charge in [0, 0.05) is 34.2 Å². The van der Waals surface area contributed by atoms with Gasteiger partial charge in [0.1, 0.15) is 29.5 Å². The Bertz CT molecular complexity index is 792. The molecular weight excluding hydrogens is 428 g/mol. The molecule has 2 amide bonds. The van der Waals surface area contributed by atoms with Crippen LogP contribution in [0.5, 0.6) is 0 Å². The number of likely N-dealkylation sites (tertiary alicyclic amines) is 1. The molecule has 9 nitrogen and oxygen atoms in total. The Labute approximate surface area is 196 Å². The molecule has 7 atom stereocenters. The Morgan fingerprint density at radius 3 is 2.55 bits per heavy atom. The van der Waals surface area contributed by atoms with E-state index in [0.29, 0.717) is 32.5 Å². The van der Waals surface area contributed by atoms with Crippen molar-refractivity contribution in [3.8, 4) is 0 Å². The summed E-state index contributed by atoms with van der Waals surface area (Å²) in [6.07, 6.45) is 3.46. The molecule has 0 bridgehead atoms. The molecular formula is C24H38N2O7. The minimum Gasteiger partial charge on any atom is -0.444 e. The van der Waals surface area contributed by atoms with E-state index in [1.54, 1.807) is 26.1 Å². The highest BCUT2D eigenvalue weighted by Crippen LogP contribution is 2.59. The fourth-order valence-corrected chi connectivity index (χ4v) is 5.51. The summed E-state index contributed by atoms with van der Waals surface area (Å²) >= 11 is 0. The van der Waals surface area contributed by atoms with Crippen LogP contribution in [0, 0.1) is 5.92 Å². The minimum atomic E-state index is -0.403. The highest BCUT2D eigenvalue weighted by Gasteiger charge is 2.72. The molecule has 3 heterocycles. The number of hydrogen-bond donors (Lipinski definition) is 0. The lowest BCUT2D eigenvalue weighted by atomic mass is 9.68. The summed E-state index contributed by atoms with van der Waals surface area (Å²) in [6, 6.07) is 0. The SMILES string of the molecule is CO[C@@H]1[C@H](OC(=O)N2CC[C@H](OC(=O)N(C)C)C2)CC[C@]2(CO2)[C@H]1[C@@]1(C)O[C@@H]1CC=C(C)C. The van der Waals surface area contributed by atoms with E-state index >= 15 is 0 Å². The number of epoxide rings is 2. The third-order valence-electron chi connectivity index (χ3n) is 7.53. The van der Waals surface area contributed by atoms with Gasteiger partial charge in [-0.3, -0.25) is 0 Å². The Kier molecular flexibility index (Phi) is 6.68. The van der Waals surface area contributed by atoms with Gasteiger partial charge in [0.25, 0.3) is 0 Å². The van der Waals surface area contributed by atoms with Gasteiger partial charge in [-0.1, -0.05) is 11.6 Å². The molecule has 0 aromatic rings. The number of carbonyl (C=O) groups is 2. The van der Waals surface area contributed by atoms with Crippen molar-refractivity contribution in [3.05, 3.63) is 11.6 Å². The van der Waals surface area contributed by atoms with Crippen LogP contribution >= 0.6 is 0 Å².